The molecule has 0 fully saturated rings. The van der Waals surface area contributed by atoms with Crippen LogP contribution in [-0.4, -0.2) is 34.8 Å². The van der Waals surface area contributed by atoms with Crippen LogP contribution in [0.5, 0.6) is 0 Å². The number of carbonyl (C=O) groups is 1. The Balaban J connectivity index is 1.54. The topological polar surface area (TPSA) is 188 Å². The number of pyridine rings is 1. The smallest absolute Gasteiger partial charge is 0.263 e. The molecule has 4 rings (SSSR count). The van der Waals surface area contributed by atoms with Crippen molar-refractivity contribution < 1.29 is 13.2 Å². The van der Waals surface area contributed by atoms with Crippen molar-refractivity contribution in [3.8, 4) is 23.3 Å². The summed E-state index contributed by atoms with van der Waals surface area (Å²) in [5, 5.41) is 29.4. The van der Waals surface area contributed by atoms with Crippen molar-refractivity contribution in [2.24, 2.45) is 0 Å². The quantitative estimate of drug-likeness (QED) is 0.223. The van der Waals surface area contributed by atoms with Gasteiger partial charge in [-0.1, -0.05) is 60.6 Å². The number of anilines is 3. The molecule has 2 aromatic heterocycles. The summed E-state index contributed by atoms with van der Waals surface area (Å²) in [5.41, 5.74) is 7.66. The molecule has 0 radical (unpaired) electrons. The fourth-order valence-corrected chi connectivity index (χ4v) is 5.86. The molecule has 14 heteroatoms. The molecular weight excluding hydrogens is 584 g/mol. The Morgan fingerprint density at radius 3 is 2.29 bits per heavy atom. The molecule has 1 amide bonds. The minimum absolute atomic E-state index is 0.00111. The number of benzene rings is 2. The predicted octanol–water partition coefficient (Wildman–Crippen LogP) is 4.83. The zero-order valence-corrected chi connectivity index (χ0v) is 23.8. The van der Waals surface area contributed by atoms with Crippen LogP contribution in [0.2, 0.25) is 5.15 Å². The van der Waals surface area contributed by atoms with Gasteiger partial charge in [0, 0.05) is 11.3 Å². The summed E-state index contributed by atoms with van der Waals surface area (Å²) in [6.45, 7) is 1.80. The third kappa shape index (κ3) is 6.73. The number of hydrogen-bond donors (Lipinski definition) is 3. The van der Waals surface area contributed by atoms with Crippen LogP contribution in [-0.2, 0) is 14.8 Å². The number of amides is 1. The molecule has 1 atom stereocenters. The molecule has 0 saturated heterocycles. The van der Waals surface area contributed by atoms with Gasteiger partial charge in [0.1, 0.15) is 28.5 Å². The second-order valence-corrected chi connectivity index (χ2v) is 11.7. The van der Waals surface area contributed by atoms with E-state index in [0.717, 1.165) is 11.8 Å². The molecule has 41 heavy (non-hydrogen) atoms. The number of nitrogens with two attached hydrogens (primary N) is 1. The summed E-state index contributed by atoms with van der Waals surface area (Å²) >= 11 is 6.74. The van der Waals surface area contributed by atoms with E-state index in [1.807, 2.05) is 12.1 Å². The molecule has 4 N–H and O–H groups in total. The van der Waals surface area contributed by atoms with Crippen LogP contribution in [0.3, 0.4) is 0 Å². The number of aromatic nitrogens is 3. The molecule has 0 saturated carbocycles. The number of carbonyl (C=O) groups excluding carboxylic acids is 1. The Bertz CT molecular complexity index is 1770. The highest BCUT2D eigenvalue weighted by molar-refractivity contribution is 8.00. The Kier molecular flexibility index (Phi) is 9.04. The first-order valence-corrected chi connectivity index (χ1v) is 14.7. The number of halogens is 1. The number of nitrogens with zero attached hydrogens (tertiary/aromatic N) is 5. The Morgan fingerprint density at radius 1 is 1.02 bits per heavy atom. The maximum absolute atomic E-state index is 13.2. The predicted molar refractivity (Wildman–Crippen MR) is 156 cm³/mol. The number of nitrogens with one attached hydrogen (secondary N) is 2. The van der Waals surface area contributed by atoms with Crippen LogP contribution in [0.15, 0.2) is 76.7 Å². The fraction of sp³-hybridized carbons (Fsp3) is 0.111. The second-order valence-electron chi connectivity index (χ2n) is 8.39. The van der Waals surface area contributed by atoms with Crippen molar-refractivity contribution in [2.45, 2.75) is 28.5 Å². The van der Waals surface area contributed by atoms with E-state index in [0.29, 0.717) is 23.2 Å². The first-order chi connectivity index (χ1) is 19.7. The van der Waals surface area contributed by atoms with Gasteiger partial charge in [-0.15, -0.1) is 10.2 Å². The van der Waals surface area contributed by atoms with Crippen molar-refractivity contribution in [2.75, 3.05) is 15.8 Å². The van der Waals surface area contributed by atoms with Gasteiger partial charge in [-0.3, -0.25) is 9.52 Å². The molecule has 206 valence electrons. The lowest BCUT2D eigenvalue weighted by Gasteiger charge is -2.17. The van der Waals surface area contributed by atoms with Crippen molar-refractivity contribution >= 4 is 56.6 Å². The minimum atomic E-state index is -3.96. The van der Waals surface area contributed by atoms with Gasteiger partial charge in [-0.25, -0.2) is 13.4 Å². The van der Waals surface area contributed by atoms with Crippen molar-refractivity contribution in [1.82, 2.24) is 15.2 Å². The third-order valence-corrected chi connectivity index (χ3v) is 8.62. The maximum Gasteiger partial charge on any atom is 0.263 e. The Morgan fingerprint density at radius 2 is 1.71 bits per heavy atom. The first kappa shape index (κ1) is 29.3. The van der Waals surface area contributed by atoms with Crippen LogP contribution in [0.4, 0.5) is 17.3 Å². The second kappa shape index (κ2) is 12.7. The van der Waals surface area contributed by atoms with Gasteiger partial charge >= 0.3 is 0 Å². The molecule has 0 aliphatic rings. The third-order valence-electron chi connectivity index (χ3n) is 5.70. The molecule has 0 bridgehead atoms. The number of thioether (sulfide) groups is 1. The lowest BCUT2D eigenvalue weighted by Crippen LogP contribution is -2.25. The molecule has 2 aromatic carbocycles. The normalized spacial score (nSPS) is 11.6. The van der Waals surface area contributed by atoms with Crippen LogP contribution in [0, 0.1) is 22.7 Å². The molecule has 0 aliphatic carbocycles. The number of hydrogen-bond acceptors (Lipinski definition) is 10. The number of rotatable bonds is 9. The van der Waals surface area contributed by atoms with Crippen LogP contribution in [0.25, 0.3) is 11.1 Å². The summed E-state index contributed by atoms with van der Waals surface area (Å²) < 4.78 is 27.7. The van der Waals surface area contributed by atoms with Crippen molar-refractivity contribution in [3.05, 3.63) is 83.0 Å². The van der Waals surface area contributed by atoms with E-state index in [4.69, 9.17) is 17.3 Å². The van der Waals surface area contributed by atoms with Crippen LogP contribution in [0.1, 0.15) is 24.5 Å². The van der Waals surface area contributed by atoms with Gasteiger partial charge in [0.15, 0.2) is 11.0 Å². The van der Waals surface area contributed by atoms with E-state index in [-0.39, 0.29) is 37.8 Å². The molecular formula is C27H21ClN8O3S2. The standard InChI is InChI=1S/C27H21ClN8O3S2/c1-2-21(40-27-20(15-30)24(16-6-4-3-5-7-16)19(14-29)25(31)33-27)26(37)32-17-8-10-18(11-9-17)41(38,39)36-23-13-12-22(28)34-35-23/h3-13,21H,2H2,1H3,(H2,31,33)(H,32,37)(H,35,36). The Labute approximate surface area is 245 Å². The van der Waals surface area contributed by atoms with E-state index in [9.17, 15) is 23.7 Å². The SMILES string of the molecule is CCC(Sc1nc(N)c(C#N)c(-c2ccccc2)c1C#N)C(=O)Nc1ccc(S(=O)(=O)Nc2ccc(Cl)nn2)cc1. The number of nitriles is 2. The molecule has 11 nitrogen and oxygen atoms in total. The van der Waals surface area contributed by atoms with Gasteiger partial charge in [-0.2, -0.15) is 10.5 Å². The van der Waals surface area contributed by atoms with E-state index < -0.39 is 21.2 Å². The van der Waals surface area contributed by atoms with Crippen molar-refractivity contribution in [1.29, 1.82) is 10.5 Å². The average Bonchev–Trinajstić information content (AvgIpc) is 2.97. The highest BCUT2D eigenvalue weighted by Gasteiger charge is 2.26. The summed E-state index contributed by atoms with van der Waals surface area (Å²) in [7, 11) is -3.96. The summed E-state index contributed by atoms with van der Waals surface area (Å²) in [6, 6.07) is 21.4. The van der Waals surface area contributed by atoms with Gasteiger partial charge in [0.2, 0.25) is 5.91 Å². The largest absolute Gasteiger partial charge is 0.383 e. The highest BCUT2D eigenvalue weighted by Crippen LogP contribution is 2.37. The monoisotopic (exact) mass is 604 g/mol. The van der Waals surface area contributed by atoms with Gasteiger partial charge < -0.3 is 11.1 Å². The van der Waals surface area contributed by atoms with Gasteiger partial charge in [-0.05, 0) is 48.4 Å². The molecule has 0 spiro atoms. The molecule has 2 heterocycles. The first-order valence-electron chi connectivity index (χ1n) is 12.0. The van der Waals surface area contributed by atoms with Gasteiger partial charge in [0.25, 0.3) is 10.0 Å². The zero-order valence-electron chi connectivity index (χ0n) is 21.4. The molecule has 4 aromatic rings. The highest BCUT2D eigenvalue weighted by atomic mass is 35.5. The molecule has 1 unspecified atom stereocenters. The number of nitrogen functional groups attached to an aromatic ring is 1. The summed E-state index contributed by atoms with van der Waals surface area (Å²) in [4.78, 5) is 17.4. The fourth-order valence-electron chi connectivity index (χ4n) is 3.74. The van der Waals surface area contributed by atoms with E-state index in [2.05, 4.69) is 31.3 Å². The number of sulfonamides is 1. The van der Waals surface area contributed by atoms with E-state index in [1.165, 1.54) is 36.4 Å². The van der Waals surface area contributed by atoms with Gasteiger partial charge in [0.05, 0.1) is 15.7 Å². The lowest BCUT2D eigenvalue weighted by atomic mass is 9.97. The molecule has 0 aliphatic heterocycles. The zero-order chi connectivity index (χ0) is 29.6. The Hall–Kier alpha value is -4.69. The minimum Gasteiger partial charge on any atom is -0.383 e. The summed E-state index contributed by atoms with van der Waals surface area (Å²) in [5.74, 6) is -0.436. The summed E-state index contributed by atoms with van der Waals surface area (Å²) in [6.07, 6.45) is 0.377. The van der Waals surface area contributed by atoms with Crippen LogP contribution >= 0.6 is 23.4 Å². The lowest BCUT2D eigenvalue weighted by molar-refractivity contribution is -0.115. The average molecular weight is 605 g/mol. The van der Waals surface area contributed by atoms with E-state index in [1.54, 1.807) is 31.2 Å². The van der Waals surface area contributed by atoms with Crippen LogP contribution < -0.4 is 15.8 Å². The van der Waals surface area contributed by atoms with E-state index >= 15 is 0 Å². The van der Waals surface area contributed by atoms with Crippen molar-refractivity contribution in [3.63, 3.8) is 0 Å². The maximum atomic E-state index is 13.2.